The quantitative estimate of drug-likeness (QED) is 0.404. The first-order valence-corrected chi connectivity index (χ1v) is 12.4. The molecular weight excluding hydrogens is 388 g/mol. The second kappa shape index (κ2) is 9.48. The number of hydrogen-bond donors (Lipinski definition) is 0. The fraction of sp³-hybridized carbons (Fsp3) is 0.433. The molecule has 0 N–H and O–H groups in total. The molecule has 0 amide bonds. The highest BCUT2D eigenvalue weighted by Gasteiger charge is 2.29. The minimum Gasteiger partial charge on any atom is -0.367 e. The summed E-state index contributed by atoms with van der Waals surface area (Å²) in [6.45, 7) is 11.2. The highest BCUT2D eigenvalue weighted by molar-refractivity contribution is 5.70. The van der Waals surface area contributed by atoms with Gasteiger partial charge < -0.3 is 4.90 Å². The van der Waals surface area contributed by atoms with Gasteiger partial charge >= 0.3 is 0 Å². The van der Waals surface area contributed by atoms with Crippen molar-refractivity contribution in [1.82, 2.24) is 4.98 Å². The van der Waals surface area contributed by atoms with Gasteiger partial charge in [-0.15, -0.1) is 0 Å². The van der Waals surface area contributed by atoms with Crippen LogP contribution in [0.15, 0.2) is 42.5 Å². The molecule has 1 atom stereocenters. The molecule has 2 aromatic carbocycles. The van der Waals surface area contributed by atoms with E-state index >= 15 is 0 Å². The summed E-state index contributed by atoms with van der Waals surface area (Å²) in [5, 5.41) is 0. The molecule has 0 fully saturated rings. The highest BCUT2D eigenvalue weighted by atomic mass is 15.1. The molecule has 1 aliphatic carbocycles. The number of pyridine rings is 1. The van der Waals surface area contributed by atoms with Gasteiger partial charge in [0.2, 0.25) is 0 Å². The van der Waals surface area contributed by atoms with Crippen LogP contribution in [0, 0.1) is 13.8 Å². The molecule has 2 heteroatoms. The van der Waals surface area contributed by atoms with Crippen LogP contribution in [0.3, 0.4) is 0 Å². The maximum absolute atomic E-state index is 5.35. The molecule has 32 heavy (non-hydrogen) atoms. The Morgan fingerprint density at radius 3 is 2.25 bits per heavy atom. The number of aryl methyl sites for hydroxylation is 6. The normalized spacial score (nSPS) is 15.5. The Balaban J connectivity index is 1.85. The Kier molecular flexibility index (Phi) is 6.69. The minimum absolute atomic E-state index is 0.391. The zero-order valence-corrected chi connectivity index (χ0v) is 20.8. The van der Waals surface area contributed by atoms with Gasteiger partial charge in [0, 0.05) is 24.0 Å². The zero-order chi connectivity index (χ0) is 22.8. The number of hydrogen-bond acceptors (Lipinski definition) is 2. The third-order valence-electron chi connectivity index (χ3n) is 7.30. The molecule has 0 spiro atoms. The van der Waals surface area contributed by atoms with E-state index in [2.05, 4.69) is 89.0 Å². The molecule has 1 aliphatic rings. The van der Waals surface area contributed by atoms with Crippen molar-refractivity contribution in [3.05, 3.63) is 81.5 Å². The predicted molar refractivity (Wildman–Crippen MR) is 138 cm³/mol. The van der Waals surface area contributed by atoms with Crippen LogP contribution < -0.4 is 4.90 Å². The zero-order valence-electron chi connectivity index (χ0n) is 20.8. The van der Waals surface area contributed by atoms with E-state index in [1.165, 1.54) is 68.9 Å². The minimum atomic E-state index is 0.391. The van der Waals surface area contributed by atoms with Crippen molar-refractivity contribution in [2.75, 3.05) is 11.9 Å². The van der Waals surface area contributed by atoms with Crippen molar-refractivity contribution in [3.63, 3.8) is 0 Å². The molecule has 1 unspecified atom stereocenters. The summed E-state index contributed by atoms with van der Waals surface area (Å²) >= 11 is 0. The summed E-state index contributed by atoms with van der Waals surface area (Å²) in [5.41, 5.74) is 13.7. The van der Waals surface area contributed by atoms with E-state index in [0.717, 1.165) is 25.7 Å². The molecule has 3 aromatic rings. The molecule has 0 radical (unpaired) electrons. The van der Waals surface area contributed by atoms with Crippen molar-refractivity contribution in [2.45, 2.75) is 79.2 Å². The van der Waals surface area contributed by atoms with E-state index in [-0.39, 0.29) is 0 Å². The van der Waals surface area contributed by atoms with Crippen molar-refractivity contribution < 1.29 is 0 Å². The van der Waals surface area contributed by atoms with Crippen LogP contribution in [-0.4, -0.2) is 12.0 Å². The van der Waals surface area contributed by atoms with Crippen LogP contribution in [0.25, 0.3) is 11.3 Å². The largest absolute Gasteiger partial charge is 0.367 e. The fourth-order valence-corrected chi connectivity index (χ4v) is 5.52. The van der Waals surface area contributed by atoms with Crippen molar-refractivity contribution in [1.29, 1.82) is 0 Å². The number of nitrogens with zero attached hydrogens (tertiary/aromatic N) is 2. The third kappa shape index (κ3) is 4.08. The van der Waals surface area contributed by atoms with Gasteiger partial charge in [-0.05, 0) is 97.9 Å². The molecule has 1 aromatic heterocycles. The van der Waals surface area contributed by atoms with E-state index < -0.39 is 0 Å². The Labute approximate surface area is 194 Å². The molecule has 0 bridgehead atoms. The first-order chi connectivity index (χ1) is 15.5. The van der Waals surface area contributed by atoms with E-state index in [1.54, 1.807) is 0 Å². The van der Waals surface area contributed by atoms with Gasteiger partial charge in [-0.25, -0.2) is 0 Å². The van der Waals surface area contributed by atoms with Crippen LogP contribution in [0.2, 0.25) is 0 Å². The Morgan fingerprint density at radius 2 is 1.59 bits per heavy atom. The lowest BCUT2D eigenvalue weighted by Gasteiger charge is -2.37. The summed E-state index contributed by atoms with van der Waals surface area (Å²) in [5.74, 6) is 0. The second-order valence-electron chi connectivity index (χ2n) is 9.35. The summed E-state index contributed by atoms with van der Waals surface area (Å²) in [6, 6.07) is 16.4. The number of rotatable bonds is 6. The van der Waals surface area contributed by atoms with Gasteiger partial charge in [0.1, 0.15) is 0 Å². The molecule has 4 rings (SSSR count). The molecule has 2 nitrogen and oxygen atoms in total. The summed E-state index contributed by atoms with van der Waals surface area (Å²) < 4.78 is 0. The average molecular weight is 427 g/mol. The first kappa shape index (κ1) is 22.6. The van der Waals surface area contributed by atoms with Gasteiger partial charge in [0.25, 0.3) is 0 Å². The van der Waals surface area contributed by atoms with Gasteiger partial charge in [0.05, 0.1) is 11.7 Å². The van der Waals surface area contributed by atoms with Crippen LogP contribution in [0.4, 0.5) is 5.69 Å². The summed E-state index contributed by atoms with van der Waals surface area (Å²) in [4.78, 5) is 7.86. The van der Waals surface area contributed by atoms with Crippen LogP contribution in [-0.2, 0) is 25.7 Å². The molecule has 1 heterocycles. The fourth-order valence-electron chi connectivity index (χ4n) is 5.52. The van der Waals surface area contributed by atoms with E-state index in [4.69, 9.17) is 4.98 Å². The Hall–Kier alpha value is -2.61. The number of anilines is 1. The summed E-state index contributed by atoms with van der Waals surface area (Å²) in [7, 11) is 2.27. The predicted octanol–water partition coefficient (Wildman–Crippen LogP) is 7.57. The lowest BCUT2D eigenvalue weighted by molar-refractivity contribution is 0.531. The van der Waals surface area contributed by atoms with Crippen molar-refractivity contribution >= 4 is 5.69 Å². The monoisotopic (exact) mass is 426 g/mol. The van der Waals surface area contributed by atoms with E-state index in [1.807, 2.05) is 0 Å². The second-order valence-corrected chi connectivity index (χ2v) is 9.35. The Bertz CT molecular complexity index is 1070. The average Bonchev–Trinajstić information content (AvgIpc) is 2.83. The van der Waals surface area contributed by atoms with Crippen molar-refractivity contribution in [2.24, 2.45) is 0 Å². The molecular formula is C30H38N2. The number of benzene rings is 2. The Morgan fingerprint density at radius 1 is 0.906 bits per heavy atom. The number of fused-ring (bicyclic) bond motifs is 1. The molecule has 0 saturated heterocycles. The van der Waals surface area contributed by atoms with Crippen LogP contribution >= 0.6 is 0 Å². The lowest BCUT2D eigenvalue weighted by atomic mass is 9.84. The molecule has 0 aliphatic heterocycles. The third-order valence-corrected chi connectivity index (χ3v) is 7.30. The van der Waals surface area contributed by atoms with Gasteiger partial charge in [-0.2, -0.15) is 0 Å². The summed E-state index contributed by atoms with van der Waals surface area (Å²) in [6.07, 6.45) is 6.61. The smallest absolute Gasteiger partial charge is 0.0713 e. The maximum Gasteiger partial charge on any atom is 0.0713 e. The van der Waals surface area contributed by atoms with E-state index in [9.17, 15) is 0 Å². The highest BCUT2D eigenvalue weighted by Crippen LogP contribution is 2.41. The van der Waals surface area contributed by atoms with Crippen LogP contribution in [0.1, 0.15) is 78.7 Å². The maximum atomic E-state index is 5.35. The van der Waals surface area contributed by atoms with Crippen molar-refractivity contribution in [3.8, 4) is 11.3 Å². The van der Waals surface area contributed by atoms with Gasteiger partial charge in [0.15, 0.2) is 0 Å². The van der Waals surface area contributed by atoms with Gasteiger partial charge in [-0.3, -0.25) is 4.98 Å². The van der Waals surface area contributed by atoms with Gasteiger partial charge in [-0.1, -0.05) is 51.1 Å². The standard InChI is InChI=1S/C30H38N2/c1-7-22-12-10-13-23(8-2)29(22)26-19-24(9-3)30-25(31-26)14-11-15-27(30)32(6)28-18-20(4)16-17-21(28)5/h10,12-13,16-19,27H,7-9,11,14-15H2,1-6H3. The van der Waals surface area contributed by atoms with Crippen LogP contribution in [0.5, 0.6) is 0 Å². The SMILES string of the molecule is CCc1cccc(CC)c1-c1cc(CC)c2c(n1)CCCC2N(C)c1cc(C)ccc1C. The first-order valence-electron chi connectivity index (χ1n) is 12.4. The molecule has 0 saturated carbocycles. The lowest BCUT2D eigenvalue weighted by Crippen LogP contribution is -2.30. The van der Waals surface area contributed by atoms with E-state index in [0.29, 0.717) is 6.04 Å². The molecule has 168 valence electrons. The number of aromatic nitrogens is 1. The topological polar surface area (TPSA) is 16.1 Å².